The number of nitrogens with zero attached hydrogens (tertiary/aromatic N) is 2. The third-order valence-electron chi connectivity index (χ3n) is 4.67. The van der Waals surface area contributed by atoms with Crippen molar-refractivity contribution in [2.45, 2.75) is 25.7 Å². The topological polar surface area (TPSA) is 88.6 Å². The van der Waals surface area contributed by atoms with Crippen LogP contribution in [0.25, 0.3) is 10.6 Å². The van der Waals surface area contributed by atoms with Gasteiger partial charge in [0.05, 0.1) is 6.61 Å². The zero-order chi connectivity index (χ0) is 23.3. The Morgan fingerprint density at radius 3 is 2.53 bits per heavy atom. The van der Waals surface area contributed by atoms with Crippen LogP contribution in [-0.2, 0) is 10.0 Å². The SMILES string of the molecule is CCOc1ccc(NC(=O)c2csc(-c3ccccc3F)n2)cc1S(=O)(=O)N(CC)CC. The van der Waals surface area contributed by atoms with Crippen LogP contribution in [0.2, 0.25) is 0 Å². The molecule has 1 aromatic heterocycles. The van der Waals surface area contributed by atoms with Crippen molar-refractivity contribution >= 4 is 33.0 Å². The molecule has 0 aliphatic heterocycles. The van der Waals surface area contributed by atoms with Crippen LogP contribution in [-0.4, -0.2) is 43.3 Å². The largest absolute Gasteiger partial charge is 0.492 e. The number of ether oxygens (including phenoxy) is 1. The van der Waals surface area contributed by atoms with E-state index in [1.807, 2.05) is 0 Å². The Morgan fingerprint density at radius 2 is 1.88 bits per heavy atom. The minimum absolute atomic E-state index is 0.0221. The molecule has 170 valence electrons. The smallest absolute Gasteiger partial charge is 0.275 e. The lowest BCUT2D eigenvalue weighted by molar-refractivity contribution is 0.102. The van der Waals surface area contributed by atoms with Gasteiger partial charge in [-0.05, 0) is 37.3 Å². The second kappa shape index (κ2) is 10.2. The van der Waals surface area contributed by atoms with E-state index < -0.39 is 21.7 Å². The third-order valence-corrected chi connectivity index (χ3v) is 7.61. The van der Waals surface area contributed by atoms with Crippen LogP contribution in [0, 0.1) is 5.82 Å². The molecule has 0 saturated carbocycles. The highest BCUT2D eigenvalue weighted by Crippen LogP contribution is 2.31. The van der Waals surface area contributed by atoms with Crippen molar-refractivity contribution in [3.8, 4) is 16.3 Å². The lowest BCUT2D eigenvalue weighted by atomic mass is 10.2. The number of anilines is 1. The normalized spacial score (nSPS) is 11.5. The van der Waals surface area contributed by atoms with E-state index in [-0.39, 0.29) is 22.0 Å². The monoisotopic (exact) mass is 477 g/mol. The second-order valence-electron chi connectivity index (χ2n) is 6.66. The fourth-order valence-electron chi connectivity index (χ4n) is 3.10. The van der Waals surface area contributed by atoms with Gasteiger partial charge in [-0.15, -0.1) is 11.3 Å². The molecule has 0 atom stereocenters. The van der Waals surface area contributed by atoms with Gasteiger partial charge in [0, 0.05) is 29.7 Å². The summed E-state index contributed by atoms with van der Waals surface area (Å²) < 4.78 is 47.0. The first-order valence-corrected chi connectivity index (χ1v) is 12.4. The number of hydrogen-bond donors (Lipinski definition) is 1. The van der Waals surface area contributed by atoms with Gasteiger partial charge in [-0.2, -0.15) is 4.31 Å². The molecule has 0 aliphatic carbocycles. The zero-order valence-electron chi connectivity index (χ0n) is 18.0. The fraction of sp³-hybridized carbons (Fsp3) is 0.273. The highest BCUT2D eigenvalue weighted by molar-refractivity contribution is 7.89. The molecule has 0 aliphatic rings. The summed E-state index contributed by atoms with van der Waals surface area (Å²) in [6.07, 6.45) is 0. The Morgan fingerprint density at radius 1 is 1.16 bits per heavy atom. The van der Waals surface area contributed by atoms with Crippen molar-refractivity contribution in [3.63, 3.8) is 0 Å². The summed E-state index contributed by atoms with van der Waals surface area (Å²) in [4.78, 5) is 16.9. The van der Waals surface area contributed by atoms with E-state index >= 15 is 0 Å². The summed E-state index contributed by atoms with van der Waals surface area (Å²) in [5.74, 6) is -0.737. The molecular weight excluding hydrogens is 453 g/mol. The first-order chi connectivity index (χ1) is 15.3. The van der Waals surface area contributed by atoms with E-state index in [2.05, 4.69) is 10.3 Å². The van der Waals surface area contributed by atoms with Gasteiger partial charge in [0.2, 0.25) is 10.0 Å². The van der Waals surface area contributed by atoms with Crippen LogP contribution in [0.1, 0.15) is 31.3 Å². The minimum atomic E-state index is -3.81. The highest BCUT2D eigenvalue weighted by atomic mass is 32.2. The van der Waals surface area contributed by atoms with Crippen LogP contribution in [0.3, 0.4) is 0 Å². The number of aromatic nitrogens is 1. The maximum atomic E-state index is 14.0. The first kappa shape index (κ1) is 23.8. The number of benzene rings is 2. The van der Waals surface area contributed by atoms with Gasteiger partial charge in [-0.1, -0.05) is 26.0 Å². The molecule has 0 bridgehead atoms. The lowest BCUT2D eigenvalue weighted by Gasteiger charge is -2.21. The Bertz CT molecular complexity index is 1210. The van der Waals surface area contributed by atoms with Crippen molar-refractivity contribution < 1.29 is 22.3 Å². The number of amides is 1. The molecule has 3 rings (SSSR count). The van der Waals surface area contributed by atoms with Gasteiger partial charge in [-0.3, -0.25) is 4.79 Å². The Hall–Kier alpha value is -2.82. The first-order valence-electron chi connectivity index (χ1n) is 10.1. The van der Waals surface area contributed by atoms with Crippen LogP contribution >= 0.6 is 11.3 Å². The summed E-state index contributed by atoms with van der Waals surface area (Å²) in [7, 11) is -3.81. The average molecular weight is 478 g/mol. The average Bonchev–Trinajstić information content (AvgIpc) is 3.26. The number of sulfonamides is 1. The number of hydrogen-bond acceptors (Lipinski definition) is 6. The molecule has 0 spiro atoms. The van der Waals surface area contributed by atoms with Gasteiger partial charge >= 0.3 is 0 Å². The lowest BCUT2D eigenvalue weighted by Crippen LogP contribution is -2.31. The predicted octanol–water partition coefficient (Wildman–Crippen LogP) is 4.63. The van der Waals surface area contributed by atoms with Gasteiger partial charge in [0.25, 0.3) is 5.91 Å². The van der Waals surface area contributed by atoms with E-state index in [9.17, 15) is 17.6 Å². The fourth-order valence-corrected chi connectivity index (χ4v) is 5.54. The summed E-state index contributed by atoms with van der Waals surface area (Å²) in [6.45, 7) is 6.17. The molecule has 0 radical (unpaired) electrons. The van der Waals surface area contributed by atoms with Gasteiger partial charge in [0.15, 0.2) is 0 Å². The van der Waals surface area contributed by atoms with Crippen molar-refractivity contribution in [1.82, 2.24) is 9.29 Å². The Labute approximate surface area is 190 Å². The molecular formula is C22H24FN3O4S2. The number of rotatable bonds is 9. The van der Waals surface area contributed by atoms with Crippen molar-refractivity contribution in [1.29, 1.82) is 0 Å². The Balaban J connectivity index is 1.89. The molecule has 10 heteroatoms. The van der Waals surface area contributed by atoms with Crippen LogP contribution < -0.4 is 10.1 Å². The van der Waals surface area contributed by atoms with E-state index in [4.69, 9.17) is 4.74 Å². The molecule has 0 unspecified atom stereocenters. The molecule has 2 aromatic carbocycles. The van der Waals surface area contributed by atoms with Crippen molar-refractivity contribution in [3.05, 3.63) is 59.4 Å². The molecule has 0 saturated heterocycles. The third kappa shape index (κ3) is 4.98. The quantitative estimate of drug-likeness (QED) is 0.485. The van der Waals surface area contributed by atoms with E-state index in [1.165, 1.54) is 27.9 Å². The number of nitrogens with one attached hydrogen (secondary N) is 1. The van der Waals surface area contributed by atoms with Crippen LogP contribution in [0.4, 0.5) is 10.1 Å². The summed E-state index contributed by atoms with van der Waals surface area (Å²) >= 11 is 1.15. The van der Waals surface area contributed by atoms with E-state index in [0.717, 1.165) is 11.3 Å². The van der Waals surface area contributed by atoms with Crippen molar-refractivity contribution in [2.75, 3.05) is 25.0 Å². The molecule has 3 aromatic rings. The summed E-state index contributed by atoms with van der Waals surface area (Å²) in [6, 6.07) is 10.6. The summed E-state index contributed by atoms with van der Waals surface area (Å²) in [5.41, 5.74) is 0.699. The van der Waals surface area contributed by atoms with Gasteiger partial charge in [-0.25, -0.2) is 17.8 Å². The predicted molar refractivity (Wildman–Crippen MR) is 123 cm³/mol. The molecule has 1 amide bonds. The molecule has 32 heavy (non-hydrogen) atoms. The summed E-state index contributed by atoms with van der Waals surface area (Å²) in [5, 5.41) is 4.57. The molecule has 7 nitrogen and oxygen atoms in total. The molecule has 1 heterocycles. The Kier molecular flexibility index (Phi) is 7.60. The highest BCUT2D eigenvalue weighted by Gasteiger charge is 2.26. The maximum Gasteiger partial charge on any atom is 0.275 e. The number of thiazole rings is 1. The van der Waals surface area contributed by atoms with Crippen LogP contribution in [0.5, 0.6) is 5.75 Å². The number of carbonyl (C=O) groups is 1. The zero-order valence-corrected chi connectivity index (χ0v) is 19.6. The minimum Gasteiger partial charge on any atom is -0.492 e. The van der Waals surface area contributed by atoms with Crippen molar-refractivity contribution in [2.24, 2.45) is 0 Å². The molecule has 0 fully saturated rings. The van der Waals surface area contributed by atoms with Gasteiger partial charge in [0.1, 0.15) is 27.2 Å². The molecule has 1 N–H and O–H groups in total. The second-order valence-corrected chi connectivity index (χ2v) is 9.42. The van der Waals surface area contributed by atoms with E-state index in [1.54, 1.807) is 45.0 Å². The maximum absolute atomic E-state index is 14.0. The number of halogens is 1. The van der Waals surface area contributed by atoms with Crippen LogP contribution in [0.15, 0.2) is 52.7 Å². The van der Waals surface area contributed by atoms with Gasteiger partial charge < -0.3 is 10.1 Å². The van der Waals surface area contributed by atoms with E-state index in [0.29, 0.717) is 30.3 Å². The number of carbonyl (C=O) groups excluding carboxylic acids is 1. The standard InChI is InChI=1S/C22H24FN3O4S2/c1-4-26(5-2)32(28,29)20-13-15(11-12-19(20)30-6-3)24-21(27)18-14-31-22(25-18)16-9-7-8-10-17(16)23/h7-14H,4-6H2,1-3H3,(H,24,27).